The topological polar surface area (TPSA) is 61.4 Å². The van der Waals surface area contributed by atoms with E-state index in [0.717, 1.165) is 18.2 Å². The number of carbonyl (C=O) groups is 1. The molecule has 0 radical (unpaired) electrons. The van der Waals surface area contributed by atoms with Gasteiger partial charge in [-0.05, 0) is 25.1 Å². The van der Waals surface area contributed by atoms with Gasteiger partial charge in [0.1, 0.15) is 0 Å². The minimum Gasteiger partial charge on any atom is -0.394 e. The third-order valence-corrected chi connectivity index (χ3v) is 2.51. The standard InChI is InChI=1S/C11H12ClF3N2O2/c1-6(5-18)16-10(19)17-9-3-2-7(4-8(9)12)11(13,14)15/h2-4,6,18H,5H2,1H3,(H2,16,17,19). The predicted octanol–water partition coefficient (Wildman–Crippen LogP) is 2.86. The smallest absolute Gasteiger partial charge is 0.394 e. The van der Waals surface area contributed by atoms with Crippen LogP contribution in [0.1, 0.15) is 12.5 Å². The highest BCUT2D eigenvalue weighted by Gasteiger charge is 2.30. The van der Waals surface area contributed by atoms with E-state index in [1.54, 1.807) is 6.92 Å². The number of benzene rings is 1. The number of aliphatic hydroxyl groups excluding tert-OH is 1. The molecule has 4 nitrogen and oxygen atoms in total. The first-order chi connectivity index (χ1) is 8.74. The van der Waals surface area contributed by atoms with Crippen LogP contribution in [0.3, 0.4) is 0 Å². The molecule has 1 rings (SSSR count). The van der Waals surface area contributed by atoms with Crippen molar-refractivity contribution in [3.05, 3.63) is 28.8 Å². The molecule has 0 bridgehead atoms. The molecular weight excluding hydrogens is 285 g/mol. The maximum Gasteiger partial charge on any atom is 0.416 e. The first-order valence-corrected chi connectivity index (χ1v) is 5.67. The molecule has 1 atom stereocenters. The zero-order valence-electron chi connectivity index (χ0n) is 9.88. The van der Waals surface area contributed by atoms with E-state index in [-0.39, 0.29) is 17.3 Å². The van der Waals surface area contributed by atoms with Gasteiger partial charge in [0, 0.05) is 0 Å². The monoisotopic (exact) mass is 296 g/mol. The van der Waals surface area contributed by atoms with Crippen LogP contribution in [-0.2, 0) is 6.18 Å². The van der Waals surface area contributed by atoms with Gasteiger partial charge in [-0.3, -0.25) is 0 Å². The van der Waals surface area contributed by atoms with E-state index in [0.29, 0.717) is 0 Å². The summed E-state index contributed by atoms with van der Waals surface area (Å²) in [6.07, 6.45) is -4.49. The number of aliphatic hydroxyl groups is 1. The lowest BCUT2D eigenvalue weighted by Crippen LogP contribution is -2.38. The molecule has 1 aromatic rings. The molecule has 0 saturated carbocycles. The van der Waals surface area contributed by atoms with Crippen molar-refractivity contribution in [3.8, 4) is 0 Å². The molecule has 1 unspecified atom stereocenters. The fourth-order valence-electron chi connectivity index (χ4n) is 1.22. The van der Waals surface area contributed by atoms with Gasteiger partial charge in [-0.1, -0.05) is 11.6 Å². The van der Waals surface area contributed by atoms with E-state index >= 15 is 0 Å². The lowest BCUT2D eigenvalue weighted by molar-refractivity contribution is -0.137. The summed E-state index contributed by atoms with van der Waals surface area (Å²) in [5.74, 6) is 0. The van der Waals surface area contributed by atoms with Crippen LogP contribution >= 0.6 is 11.6 Å². The number of halogens is 4. The summed E-state index contributed by atoms with van der Waals surface area (Å²) in [6, 6.07) is 1.47. The molecule has 19 heavy (non-hydrogen) atoms. The average Bonchev–Trinajstić information content (AvgIpc) is 2.30. The molecule has 0 aromatic heterocycles. The average molecular weight is 297 g/mol. The third kappa shape index (κ3) is 4.60. The highest BCUT2D eigenvalue weighted by Crippen LogP contribution is 2.33. The molecule has 0 aliphatic heterocycles. The Morgan fingerprint density at radius 1 is 1.47 bits per heavy atom. The molecule has 106 valence electrons. The van der Waals surface area contributed by atoms with Crippen molar-refractivity contribution in [1.29, 1.82) is 0 Å². The van der Waals surface area contributed by atoms with Crippen molar-refractivity contribution in [2.45, 2.75) is 19.1 Å². The highest BCUT2D eigenvalue weighted by atomic mass is 35.5. The number of hydrogen-bond donors (Lipinski definition) is 3. The minimum atomic E-state index is -4.49. The van der Waals surface area contributed by atoms with Gasteiger partial charge >= 0.3 is 12.2 Å². The molecule has 2 amide bonds. The molecule has 8 heteroatoms. The number of nitrogens with one attached hydrogen (secondary N) is 2. The van der Waals surface area contributed by atoms with Crippen molar-refractivity contribution < 1.29 is 23.1 Å². The van der Waals surface area contributed by atoms with E-state index < -0.39 is 23.8 Å². The Morgan fingerprint density at radius 3 is 2.58 bits per heavy atom. The maximum atomic E-state index is 12.4. The summed E-state index contributed by atoms with van der Waals surface area (Å²) in [7, 11) is 0. The second-order valence-corrected chi connectivity index (χ2v) is 4.28. The molecule has 0 aliphatic rings. The summed E-state index contributed by atoms with van der Waals surface area (Å²) < 4.78 is 37.2. The van der Waals surface area contributed by atoms with E-state index in [4.69, 9.17) is 16.7 Å². The quantitative estimate of drug-likeness (QED) is 0.803. The van der Waals surface area contributed by atoms with Crippen molar-refractivity contribution in [1.82, 2.24) is 5.32 Å². The number of rotatable bonds is 3. The lowest BCUT2D eigenvalue weighted by atomic mass is 10.2. The fourth-order valence-corrected chi connectivity index (χ4v) is 1.45. The lowest BCUT2D eigenvalue weighted by Gasteiger charge is -2.14. The van der Waals surface area contributed by atoms with Gasteiger partial charge in [-0.25, -0.2) is 4.79 Å². The van der Waals surface area contributed by atoms with Gasteiger partial charge in [-0.2, -0.15) is 13.2 Å². The van der Waals surface area contributed by atoms with Crippen LogP contribution in [0, 0.1) is 0 Å². The SMILES string of the molecule is CC(CO)NC(=O)Nc1ccc(C(F)(F)F)cc1Cl. The first-order valence-electron chi connectivity index (χ1n) is 5.29. The number of alkyl halides is 3. The molecular formula is C11H12ClF3N2O2. The van der Waals surface area contributed by atoms with Gasteiger partial charge in [0.05, 0.1) is 28.9 Å². The van der Waals surface area contributed by atoms with Gasteiger partial charge in [0.15, 0.2) is 0 Å². The Labute approximate surface area is 112 Å². The number of urea groups is 1. The van der Waals surface area contributed by atoms with Gasteiger partial charge in [-0.15, -0.1) is 0 Å². The Hall–Kier alpha value is -1.47. The van der Waals surface area contributed by atoms with E-state index in [1.165, 1.54) is 0 Å². The van der Waals surface area contributed by atoms with Crippen LogP contribution in [0.15, 0.2) is 18.2 Å². The van der Waals surface area contributed by atoms with Crippen molar-refractivity contribution in [3.63, 3.8) is 0 Å². The van der Waals surface area contributed by atoms with Gasteiger partial charge in [0.25, 0.3) is 0 Å². The molecule has 0 spiro atoms. The molecule has 0 heterocycles. The summed E-state index contributed by atoms with van der Waals surface area (Å²) in [5, 5.41) is 13.2. The number of hydrogen-bond acceptors (Lipinski definition) is 2. The summed E-state index contributed by atoms with van der Waals surface area (Å²) >= 11 is 5.66. The molecule has 1 aromatic carbocycles. The molecule has 3 N–H and O–H groups in total. The summed E-state index contributed by atoms with van der Waals surface area (Å²) in [4.78, 5) is 11.4. The Morgan fingerprint density at radius 2 is 2.11 bits per heavy atom. The number of carbonyl (C=O) groups excluding carboxylic acids is 1. The maximum absolute atomic E-state index is 12.4. The zero-order valence-corrected chi connectivity index (χ0v) is 10.6. The van der Waals surface area contributed by atoms with E-state index in [2.05, 4.69) is 10.6 Å². The minimum absolute atomic E-state index is 0.0531. The van der Waals surface area contributed by atoms with Crippen LogP contribution < -0.4 is 10.6 Å². The van der Waals surface area contributed by atoms with Crippen LogP contribution in [-0.4, -0.2) is 23.8 Å². The van der Waals surface area contributed by atoms with E-state index in [9.17, 15) is 18.0 Å². The third-order valence-electron chi connectivity index (χ3n) is 2.20. The molecule has 0 aliphatic carbocycles. The normalized spacial score (nSPS) is 12.9. The van der Waals surface area contributed by atoms with Gasteiger partial charge in [0.2, 0.25) is 0 Å². The zero-order chi connectivity index (χ0) is 14.6. The van der Waals surface area contributed by atoms with Crippen LogP contribution in [0.5, 0.6) is 0 Å². The number of amides is 2. The molecule has 0 saturated heterocycles. The second-order valence-electron chi connectivity index (χ2n) is 3.87. The van der Waals surface area contributed by atoms with Crippen LogP contribution in [0.25, 0.3) is 0 Å². The van der Waals surface area contributed by atoms with Crippen molar-refractivity contribution in [2.75, 3.05) is 11.9 Å². The first kappa shape index (κ1) is 15.6. The summed E-state index contributed by atoms with van der Waals surface area (Å²) in [5.41, 5.74) is -0.843. The Kier molecular flexibility index (Phi) is 5.02. The van der Waals surface area contributed by atoms with Crippen molar-refractivity contribution in [2.24, 2.45) is 0 Å². The fraction of sp³-hybridized carbons (Fsp3) is 0.364. The number of anilines is 1. The Balaban J connectivity index is 2.78. The van der Waals surface area contributed by atoms with E-state index in [1.807, 2.05) is 0 Å². The van der Waals surface area contributed by atoms with Crippen LogP contribution in [0.2, 0.25) is 5.02 Å². The largest absolute Gasteiger partial charge is 0.416 e. The van der Waals surface area contributed by atoms with Crippen molar-refractivity contribution >= 4 is 23.3 Å². The van der Waals surface area contributed by atoms with Gasteiger partial charge < -0.3 is 15.7 Å². The Bertz CT molecular complexity index is 466. The second kappa shape index (κ2) is 6.12. The van der Waals surface area contributed by atoms with Crippen LogP contribution in [0.4, 0.5) is 23.7 Å². The highest BCUT2D eigenvalue weighted by molar-refractivity contribution is 6.33. The molecule has 0 fully saturated rings. The predicted molar refractivity (Wildman–Crippen MR) is 65.2 cm³/mol. The summed E-state index contributed by atoms with van der Waals surface area (Å²) in [6.45, 7) is 1.31.